The lowest BCUT2D eigenvalue weighted by Crippen LogP contribution is -2.34. The zero-order valence-corrected chi connectivity index (χ0v) is 15.2. The summed E-state index contributed by atoms with van der Waals surface area (Å²) in [6.45, 7) is 8.42. The highest BCUT2D eigenvalue weighted by atomic mass is 16.5. The van der Waals surface area contributed by atoms with Gasteiger partial charge in [-0.25, -0.2) is 4.98 Å². The number of methoxy groups -OCH3 is 2. The fourth-order valence-corrected chi connectivity index (χ4v) is 2.61. The molecule has 0 aromatic carbocycles. The Morgan fingerprint density at radius 2 is 2.04 bits per heavy atom. The third kappa shape index (κ3) is 4.44. The molecule has 0 aliphatic rings. The molecule has 0 amide bonds. The first-order valence-corrected chi connectivity index (χ1v) is 8.29. The minimum Gasteiger partial charge on any atom is -0.467 e. The standard InChI is InChI=1S/C17H27N5O2/c1-6-15(23-4)12-21(11-14-8-9-18-22(14)7-2)16-10-13(3)19-17(20-16)24-5/h8-10,15H,6-7,11-12H2,1-5H3. The van der Waals surface area contributed by atoms with Gasteiger partial charge in [-0.1, -0.05) is 6.92 Å². The van der Waals surface area contributed by atoms with Crippen LogP contribution in [0.3, 0.4) is 0 Å². The van der Waals surface area contributed by atoms with Gasteiger partial charge in [0.2, 0.25) is 0 Å². The summed E-state index contributed by atoms with van der Waals surface area (Å²) >= 11 is 0. The van der Waals surface area contributed by atoms with Crippen molar-refractivity contribution in [2.24, 2.45) is 0 Å². The molecule has 2 aromatic heterocycles. The highest BCUT2D eigenvalue weighted by Gasteiger charge is 2.18. The summed E-state index contributed by atoms with van der Waals surface area (Å²) in [4.78, 5) is 11.0. The Labute approximate surface area is 143 Å². The first-order valence-electron chi connectivity index (χ1n) is 8.29. The maximum absolute atomic E-state index is 5.58. The van der Waals surface area contributed by atoms with E-state index in [2.05, 4.69) is 33.8 Å². The van der Waals surface area contributed by atoms with Crippen LogP contribution in [0, 0.1) is 6.92 Å². The summed E-state index contributed by atoms with van der Waals surface area (Å²) in [5, 5.41) is 4.35. The lowest BCUT2D eigenvalue weighted by molar-refractivity contribution is 0.104. The van der Waals surface area contributed by atoms with Gasteiger partial charge in [0.25, 0.3) is 0 Å². The summed E-state index contributed by atoms with van der Waals surface area (Å²) in [7, 11) is 3.33. The van der Waals surface area contributed by atoms with Crippen molar-refractivity contribution in [2.75, 3.05) is 25.7 Å². The molecular formula is C17H27N5O2. The molecule has 2 heterocycles. The first kappa shape index (κ1) is 18.2. The Balaban J connectivity index is 2.33. The van der Waals surface area contributed by atoms with Gasteiger partial charge in [0.15, 0.2) is 0 Å². The number of ether oxygens (including phenoxy) is 2. The normalized spacial score (nSPS) is 12.2. The minimum absolute atomic E-state index is 0.129. The van der Waals surface area contributed by atoms with Gasteiger partial charge in [0.1, 0.15) is 5.82 Å². The number of hydrogen-bond acceptors (Lipinski definition) is 6. The van der Waals surface area contributed by atoms with Crippen molar-refractivity contribution in [3.63, 3.8) is 0 Å². The van der Waals surface area contributed by atoms with E-state index in [1.165, 1.54) is 0 Å². The molecule has 7 nitrogen and oxygen atoms in total. The highest BCUT2D eigenvalue weighted by molar-refractivity contribution is 5.41. The number of aromatic nitrogens is 4. The van der Waals surface area contributed by atoms with Gasteiger partial charge in [-0.15, -0.1) is 0 Å². The molecule has 0 aliphatic heterocycles. The smallest absolute Gasteiger partial charge is 0.318 e. The fraction of sp³-hybridized carbons (Fsp3) is 0.588. The maximum atomic E-state index is 5.58. The zero-order chi connectivity index (χ0) is 17.5. The van der Waals surface area contributed by atoms with Gasteiger partial charge < -0.3 is 14.4 Å². The predicted octanol–water partition coefficient (Wildman–Crippen LogP) is 2.44. The van der Waals surface area contributed by atoms with Crippen molar-refractivity contribution in [3.8, 4) is 6.01 Å². The second-order valence-electron chi connectivity index (χ2n) is 5.64. The average Bonchev–Trinajstić information content (AvgIpc) is 3.05. The van der Waals surface area contributed by atoms with E-state index in [0.717, 1.165) is 36.7 Å². The monoisotopic (exact) mass is 333 g/mol. The molecule has 2 rings (SSSR count). The highest BCUT2D eigenvalue weighted by Crippen LogP contribution is 2.20. The molecule has 0 radical (unpaired) electrons. The van der Waals surface area contributed by atoms with Crippen LogP contribution in [0.5, 0.6) is 6.01 Å². The maximum Gasteiger partial charge on any atom is 0.318 e. The molecule has 0 fully saturated rings. The van der Waals surface area contributed by atoms with Gasteiger partial charge in [-0.05, 0) is 26.3 Å². The van der Waals surface area contributed by atoms with E-state index in [-0.39, 0.29) is 6.10 Å². The second-order valence-corrected chi connectivity index (χ2v) is 5.64. The largest absolute Gasteiger partial charge is 0.467 e. The Kier molecular flexibility index (Phi) is 6.54. The van der Waals surface area contributed by atoms with Gasteiger partial charge in [0.05, 0.1) is 25.5 Å². The lowest BCUT2D eigenvalue weighted by atomic mass is 10.2. The van der Waals surface area contributed by atoms with Crippen molar-refractivity contribution in [1.82, 2.24) is 19.7 Å². The van der Waals surface area contributed by atoms with Crippen molar-refractivity contribution >= 4 is 5.82 Å². The molecule has 0 aliphatic carbocycles. The van der Waals surface area contributed by atoms with Gasteiger partial charge >= 0.3 is 6.01 Å². The van der Waals surface area contributed by atoms with Crippen molar-refractivity contribution < 1.29 is 9.47 Å². The molecule has 0 spiro atoms. The predicted molar refractivity (Wildman–Crippen MR) is 93.4 cm³/mol. The fourth-order valence-electron chi connectivity index (χ4n) is 2.61. The summed E-state index contributed by atoms with van der Waals surface area (Å²) in [5.41, 5.74) is 2.01. The molecule has 0 bridgehead atoms. The van der Waals surface area contributed by atoms with Crippen LogP contribution < -0.4 is 9.64 Å². The lowest BCUT2D eigenvalue weighted by Gasteiger charge is -2.28. The van der Waals surface area contributed by atoms with Crippen molar-refractivity contribution in [1.29, 1.82) is 0 Å². The van der Waals surface area contributed by atoms with E-state index >= 15 is 0 Å². The van der Waals surface area contributed by atoms with Gasteiger partial charge in [0, 0.05) is 38.2 Å². The topological polar surface area (TPSA) is 65.3 Å². The Bertz CT molecular complexity index is 640. The van der Waals surface area contributed by atoms with Crippen LogP contribution in [0.2, 0.25) is 0 Å². The van der Waals surface area contributed by atoms with E-state index in [1.807, 2.05) is 29.9 Å². The van der Waals surface area contributed by atoms with E-state index in [4.69, 9.17) is 9.47 Å². The van der Waals surface area contributed by atoms with E-state index in [9.17, 15) is 0 Å². The quantitative estimate of drug-likeness (QED) is 0.702. The van der Waals surface area contributed by atoms with Gasteiger partial charge in [-0.3, -0.25) is 4.68 Å². The first-order chi connectivity index (χ1) is 11.6. The van der Waals surface area contributed by atoms with Crippen LogP contribution >= 0.6 is 0 Å². The number of rotatable bonds is 9. The SMILES string of the molecule is CCC(CN(Cc1ccnn1CC)c1cc(C)nc(OC)n1)OC. The molecular weight excluding hydrogens is 306 g/mol. The van der Waals surface area contributed by atoms with Gasteiger partial charge in [-0.2, -0.15) is 10.1 Å². The van der Waals surface area contributed by atoms with E-state index in [0.29, 0.717) is 12.6 Å². The third-order valence-corrected chi connectivity index (χ3v) is 4.00. The third-order valence-electron chi connectivity index (χ3n) is 4.00. The van der Waals surface area contributed by atoms with E-state index < -0.39 is 0 Å². The van der Waals surface area contributed by atoms with Crippen LogP contribution in [0.15, 0.2) is 18.3 Å². The van der Waals surface area contributed by atoms with Crippen LogP contribution in [-0.2, 0) is 17.8 Å². The molecule has 1 unspecified atom stereocenters. The Morgan fingerprint density at radius 1 is 1.25 bits per heavy atom. The minimum atomic E-state index is 0.129. The molecule has 0 saturated carbocycles. The second kappa shape index (κ2) is 8.63. The molecule has 0 saturated heterocycles. The molecule has 0 N–H and O–H groups in total. The number of anilines is 1. The molecule has 132 valence electrons. The number of hydrogen-bond donors (Lipinski definition) is 0. The van der Waals surface area contributed by atoms with Crippen molar-refractivity contribution in [2.45, 2.75) is 46.4 Å². The number of aryl methyl sites for hydroxylation is 2. The van der Waals surface area contributed by atoms with Crippen LogP contribution in [-0.4, -0.2) is 46.6 Å². The molecule has 2 aromatic rings. The Morgan fingerprint density at radius 3 is 2.67 bits per heavy atom. The molecule has 7 heteroatoms. The van der Waals surface area contributed by atoms with Crippen LogP contribution in [0.1, 0.15) is 31.7 Å². The summed E-state index contributed by atoms with van der Waals surface area (Å²) in [5.74, 6) is 0.832. The van der Waals surface area contributed by atoms with Crippen molar-refractivity contribution in [3.05, 3.63) is 29.7 Å². The Hall–Kier alpha value is -2.15. The van der Waals surface area contributed by atoms with Crippen LogP contribution in [0.4, 0.5) is 5.82 Å². The van der Waals surface area contributed by atoms with E-state index in [1.54, 1.807) is 14.2 Å². The molecule has 1 atom stereocenters. The zero-order valence-electron chi connectivity index (χ0n) is 15.2. The average molecular weight is 333 g/mol. The number of nitrogens with zero attached hydrogens (tertiary/aromatic N) is 5. The molecule has 24 heavy (non-hydrogen) atoms. The summed E-state index contributed by atoms with van der Waals surface area (Å²) in [6, 6.07) is 4.39. The van der Waals surface area contributed by atoms with Crippen LogP contribution in [0.25, 0.3) is 0 Å². The summed E-state index contributed by atoms with van der Waals surface area (Å²) < 4.78 is 12.8. The summed E-state index contributed by atoms with van der Waals surface area (Å²) in [6.07, 6.45) is 2.89.